The molecule has 0 bridgehead atoms. The third-order valence-electron chi connectivity index (χ3n) is 5.80. The number of carbonyl (C=O) groups is 3. The molecule has 3 amide bonds. The molecular weight excluding hydrogens is 370 g/mol. The molecule has 0 saturated carbocycles. The Kier molecular flexibility index (Phi) is 3.77. The minimum Gasteiger partial charge on any atom is -0.392 e. The van der Waals surface area contributed by atoms with E-state index in [0.717, 1.165) is 0 Å². The summed E-state index contributed by atoms with van der Waals surface area (Å²) in [5, 5.41) is 16.7. The summed E-state index contributed by atoms with van der Waals surface area (Å²) >= 11 is 6.16. The summed E-state index contributed by atoms with van der Waals surface area (Å²) in [6.45, 7) is 6.89. The lowest BCUT2D eigenvalue weighted by atomic mass is 9.76. The van der Waals surface area contributed by atoms with Gasteiger partial charge in [-0.2, -0.15) is 0 Å². The van der Waals surface area contributed by atoms with E-state index in [1.807, 2.05) is 0 Å². The van der Waals surface area contributed by atoms with Gasteiger partial charge in [-0.3, -0.25) is 24.6 Å². The number of hydrogen-bond donors (Lipinski definition) is 3. The van der Waals surface area contributed by atoms with E-state index in [0.29, 0.717) is 16.3 Å². The van der Waals surface area contributed by atoms with Gasteiger partial charge in [0, 0.05) is 27.9 Å². The smallest absolute Gasteiger partial charge is 0.250 e. The molecule has 4 rings (SSSR count). The molecule has 5 unspecified atom stereocenters. The van der Waals surface area contributed by atoms with Crippen molar-refractivity contribution in [2.75, 3.05) is 5.32 Å². The van der Waals surface area contributed by atoms with Crippen LogP contribution in [0.15, 0.2) is 18.2 Å². The van der Waals surface area contributed by atoms with Gasteiger partial charge in [-0.25, -0.2) is 0 Å². The van der Waals surface area contributed by atoms with E-state index in [2.05, 4.69) is 10.6 Å². The molecule has 3 N–H and O–H groups in total. The highest BCUT2D eigenvalue weighted by Gasteiger charge is 2.71. The number of imide groups is 1. The van der Waals surface area contributed by atoms with Crippen molar-refractivity contribution in [2.24, 2.45) is 11.8 Å². The SMILES string of the molecule is CC(O)C1NC2(C(=O)Nc3ccc(Cl)cc32)C2C(=O)N(C(C)(C)C)C(=O)C12. The van der Waals surface area contributed by atoms with Crippen LogP contribution in [0.5, 0.6) is 0 Å². The molecule has 0 aliphatic carbocycles. The molecule has 3 aliphatic rings. The summed E-state index contributed by atoms with van der Waals surface area (Å²) in [6.07, 6.45) is -0.926. The van der Waals surface area contributed by atoms with Crippen LogP contribution in [0.25, 0.3) is 0 Å². The van der Waals surface area contributed by atoms with Crippen LogP contribution in [0.3, 0.4) is 0 Å². The molecule has 27 heavy (non-hydrogen) atoms. The Bertz CT molecular complexity index is 878. The first-order valence-electron chi connectivity index (χ1n) is 8.95. The van der Waals surface area contributed by atoms with Crippen LogP contribution in [-0.2, 0) is 19.9 Å². The average molecular weight is 392 g/mol. The summed E-state index contributed by atoms with van der Waals surface area (Å²) in [6, 6.07) is 4.25. The first-order chi connectivity index (χ1) is 12.5. The van der Waals surface area contributed by atoms with Gasteiger partial charge in [-0.1, -0.05) is 11.6 Å². The molecule has 0 radical (unpaired) electrons. The normalized spacial score (nSPS) is 33.5. The fourth-order valence-corrected chi connectivity index (χ4v) is 4.95. The number of halogens is 1. The first kappa shape index (κ1) is 18.4. The highest BCUT2D eigenvalue weighted by Crippen LogP contribution is 2.54. The van der Waals surface area contributed by atoms with Crippen LogP contribution < -0.4 is 10.6 Å². The molecular formula is C19H22ClN3O4. The van der Waals surface area contributed by atoms with Crippen LogP contribution in [0.1, 0.15) is 33.3 Å². The number of rotatable bonds is 1. The maximum atomic E-state index is 13.4. The molecule has 1 spiro atoms. The predicted octanol–water partition coefficient (Wildman–Crippen LogP) is 1.24. The fourth-order valence-electron chi connectivity index (χ4n) is 4.78. The second-order valence-electron chi connectivity index (χ2n) is 8.55. The number of aliphatic hydroxyl groups is 1. The van der Waals surface area contributed by atoms with Crippen LogP contribution in [0.2, 0.25) is 5.02 Å². The third-order valence-corrected chi connectivity index (χ3v) is 6.04. The fraction of sp³-hybridized carbons (Fsp3) is 0.526. The maximum absolute atomic E-state index is 13.4. The van der Waals surface area contributed by atoms with E-state index in [1.165, 1.54) is 4.90 Å². The van der Waals surface area contributed by atoms with Crippen molar-refractivity contribution >= 4 is 35.0 Å². The van der Waals surface area contributed by atoms with Crippen LogP contribution in [0.4, 0.5) is 5.69 Å². The number of nitrogens with zero attached hydrogens (tertiary/aromatic N) is 1. The van der Waals surface area contributed by atoms with Gasteiger partial charge in [0.1, 0.15) is 5.54 Å². The third kappa shape index (κ3) is 2.25. The maximum Gasteiger partial charge on any atom is 0.250 e. The van der Waals surface area contributed by atoms with E-state index in [4.69, 9.17) is 11.6 Å². The van der Waals surface area contributed by atoms with Crippen molar-refractivity contribution in [1.82, 2.24) is 10.2 Å². The molecule has 1 aromatic rings. The van der Waals surface area contributed by atoms with E-state index >= 15 is 0 Å². The predicted molar refractivity (Wildman–Crippen MR) is 99.0 cm³/mol. The first-order valence-corrected chi connectivity index (χ1v) is 9.33. The average Bonchev–Trinajstić information content (AvgIpc) is 3.13. The zero-order valence-corrected chi connectivity index (χ0v) is 16.3. The van der Waals surface area contributed by atoms with Crippen molar-refractivity contribution in [2.45, 2.75) is 50.9 Å². The standard InChI is InChI=1S/C19H22ClN3O4/c1-8(24)14-12-13(16(26)23(15(12)25)18(2,3)4)19(22-14)10-7-9(20)5-6-11(10)21-17(19)27/h5-8,12-14,22,24H,1-4H3,(H,21,27). The van der Waals surface area contributed by atoms with Crippen molar-refractivity contribution < 1.29 is 19.5 Å². The molecule has 144 valence electrons. The largest absolute Gasteiger partial charge is 0.392 e. The Morgan fingerprint density at radius 1 is 1.22 bits per heavy atom. The van der Waals surface area contributed by atoms with Crippen molar-refractivity contribution in [1.29, 1.82) is 0 Å². The Morgan fingerprint density at radius 2 is 1.89 bits per heavy atom. The van der Waals surface area contributed by atoms with Crippen LogP contribution in [0, 0.1) is 11.8 Å². The van der Waals surface area contributed by atoms with Crippen LogP contribution >= 0.6 is 11.6 Å². The summed E-state index contributed by atoms with van der Waals surface area (Å²) in [4.78, 5) is 40.9. The molecule has 1 aromatic carbocycles. The summed E-state index contributed by atoms with van der Waals surface area (Å²) < 4.78 is 0. The lowest BCUT2D eigenvalue weighted by Gasteiger charge is -2.35. The summed E-state index contributed by atoms with van der Waals surface area (Å²) in [7, 11) is 0. The zero-order valence-electron chi connectivity index (χ0n) is 15.5. The monoisotopic (exact) mass is 391 g/mol. The number of benzene rings is 1. The molecule has 3 heterocycles. The van der Waals surface area contributed by atoms with Crippen molar-refractivity contribution in [3.63, 3.8) is 0 Å². The van der Waals surface area contributed by atoms with Crippen molar-refractivity contribution in [3.8, 4) is 0 Å². The Morgan fingerprint density at radius 3 is 2.48 bits per heavy atom. The molecule has 2 saturated heterocycles. The Hall–Kier alpha value is -1.96. The van der Waals surface area contributed by atoms with Gasteiger partial charge < -0.3 is 10.4 Å². The second-order valence-corrected chi connectivity index (χ2v) is 8.99. The van der Waals surface area contributed by atoms with Crippen molar-refractivity contribution in [3.05, 3.63) is 28.8 Å². The van der Waals surface area contributed by atoms with Gasteiger partial charge in [0.25, 0.3) is 0 Å². The highest BCUT2D eigenvalue weighted by molar-refractivity contribution is 6.31. The number of nitrogens with one attached hydrogen (secondary N) is 2. The minimum absolute atomic E-state index is 0.365. The number of aliphatic hydroxyl groups excluding tert-OH is 1. The molecule has 3 aliphatic heterocycles. The Balaban J connectivity index is 1.95. The topological polar surface area (TPSA) is 98.7 Å². The molecule has 8 heteroatoms. The van der Waals surface area contributed by atoms with Gasteiger partial charge in [0.2, 0.25) is 17.7 Å². The van der Waals surface area contributed by atoms with E-state index in [9.17, 15) is 19.5 Å². The molecule has 0 aromatic heterocycles. The van der Waals surface area contributed by atoms with Gasteiger partial charge >= 0.3 is 0 Å². The van der Waals surface area contributed by atoms with E-state index < -0.39 is 46.9 Å². The van der Waals surface area contributed by atoms with Gasteiger partial charge in [-0.15, -0.1) is 0 Å². The Labute approximate surface area is 162 Å². The molecule has 5 atom stereocenters. The number of fused-ring (bicyclic) bond motifs is 4. The molecule has 2 fully saturated rings. The van der Waals surface area contributed by atoms with E-state index in [-0.39, 0.29) is 5.91 Å². The minimum atomic E-state index is -1.43. The summed E-state index contributed by atoms with van der Waals surface area (Å²) in [5.74, 6) is -2.95. The number of hydrogen-bond acceptors (Lipinski definition) is 5. The van der Waals surface area contributed by atoms with Gasteiger partial charge in [-0.05, 0) is 45.9 Å². The molecule has 7 nitrogen and oxygen atoms in total. The quantitative estimate of drug-likeness (QED) is 0.625. The highest BCUT2D eigenvalue weighted by atomic mass is 35.5. The van der Waals surface area contributed by atoms with Gasteiger partial charge in [0.05, 0.1) is 17.9 Å². The lowest BCUT2D eigenvalue weighted by Crippen LogP contribution is -2.57. The number of amides is 3. The van der Waals surface area contributed by atoms with Crippen LogP contribution in [-0.4, -0.2) is 45.4 Å². The number of likely N-dealkylation sites (tertiary alicyclic amines) is 1. The summed E-state index contributed by atoms with van der Waals surface area (Å²) in [5.41, 5.74) is -1.07. The second kappa shape index (κ2) is 5.53. The number of carbonyl (C=O) groups excluding carboxylic acids is 3. The number of anilines is 1. The van der Waals surface area contributed by atoms with Gasteiger partial charge in [0.15, 0.2) is 0 Å². The zero-order chi connectivity index (χ0) is 19.9. The van der Waals surface area contributed by atoms with E-state index in [1.54, 1.807) is 45.9 Å². The lowest BCUT2D eigenvalue weighted by molar-refractivity contribution is -0.148.